The van der Waals surface area contributed by atoms with Crippen LogP contribution in [-0.2, 0) is 13.5 Å². The van der Waals surface area contributed by atoms with Crippen LogP contribution >= 0.6 is 0 Å². The highest BCUT2D eigenvalue weighted by molar-refractivity contribution is 5.94. The number of aryl methyl sites for hydroxylation is 1. The summed E-state index contributed by atoms with van der Waals surface area (Å²) in [5.74, 6) is 6.38. The maximum atomic E-state index is 12.1. The first-order valence-corrected chi connectivity index (χ1v) is 6.61. The first kappa shape index (κ1) is 14.8. The molecule has 6 nitrogen and oxygen atoms in total. The number of nitrogens with two attached hydrogens (primary N) is 1. The Balaban J connectivity index is 1.92. The van der Waals surface area contributed by atoms with Crippen LogP contribution in [0.1, 0.15) is 21.7 Å². The topological polar surface area (TPSA) is 85.8 Å². The van der Waals surface area contributed by atoms with Gasteiger partial charge in [-0.2, -0.15) is 0 Å². The second-order valence-corrected chi connectivity index (χ2v) is 4.45. The van der Waals surface area contributed by atoms with Crippen LogP contribution in [0.2, 0.25) is 0 Å². The average Bonchev–Trinajstić information content (AvgIpc) is 2.91. The van der Waals surface area contributed by atoms with Crippen molar-refractivity contribution in [2.75, 3.05) is 13.1 Å². The van der Waals surface area contributed by atoms with E-state index in [0.29, 0.717) is 25.1 Å². The molecular formula is C15H17N5O. The summed E-state index contributed by atoms with van der Waals surface area (Å²) in [6.07, 6.45) is 2.27. The quantitative estimate of drug-likeness (QED) is 0.779. The van der Waals surface area contributed by atoms with Gasteiger partial charge in [0.05, 0.1) is 6.54 Å². The van der Waals surface area contributed by atoms with Gasteiger partial charge in [0, 0.05) is 31.1 Å². The molecule has 0 saturated heterocycles. The second kappa shape index (κ2) is 7.22. The molecule has 6 heteroatoms. The molecule has 108 valence electrons. The molecule has 1 heterocycles. The Bertz CT molecular complexity index is 681. The van der Waals surface area contributed by atoms with Crippen LogP contribution in [-0.4, -0.2) is 33.8 Å². The lowest BCUT2D eigenvalue weighted by Gasteiger charge is -2.05. The minimum Gasteiger partial charge on any atom is -0.352 e. The summed E-state index contributed by atoms with van der Waals surface area (Å²) >= 11 is 0. The summed E-state index contributed by atoms with van der Waals surface area (Å²) in [5, 5.41) is 10.6. The molecule has 2 rings (SSSR count). The molecule has 0 bridgehead atoms. The van der Waals surface area contributed by atoms with Gasteiger partial charge in [-0.25, -0.2) is 0 Å². The van der Waals surface area contributed by atoms with E-state index in [1.165, 1.54) is 0 Å². The smallest absolute Gasteiger partial charge is 0.251 e. The first-order chi connectivity index (χ1) is 10.2. The summed E-state index contributed by atoms with van der Waals surface area (Å²) in [7, 11) is 1.87. The molecule has 1 aromatic carbocycles. The Morgan fingerprint density at radius 3 is 3.05 bits per heavy atom. The monoisotopic (exact) mass is 283 g/mol. The molecule has 1 amide bonds. The molecule has 3 N–H and O–H groups in total. The highest BCUT2D eigenvalue weighted by Gasteiger charge is 2.06. The van der Waals surface area contributed by atoms with Crippen LogP contribution in [0, 0.1) is 11.8 Å². The molecule has 0 aliphatic rings. The Hall–Kier alpha value is -2.65. The second-order valence-electron chi connectivity index (χ2n) is 4.45. The largest absolute Gasteiger partial charge is 0.352 e. The number of rotatable bonds is 4. The van der Waals surface area contributed by atoms with Gasteiger partial charge in [-0.3, -0.25) is 4.79 Å². The first-order valence-electron chi connectivity index (χ1n) is 6.61. The van der Waals surface area contributed by atoms with E-state index < -0.39 is 0 Å². The lowest BCUT2D eigenvalue weighted by atomic mass is 10.1. The van der Waals surface area contributed by atoms with Crippen molar-refractivity contribution >= 4 is 5.91 Å². The van der Waals surface area contributed by atoms with Crippen LogP contribution in [0.25, 0.3) is 0 Å². The lowest BCUT2D eigenvalue weighted by molar-refractivity contribution is 0.0954. The molecule has 0 radical (unpaired) electrons. The van der Waals surface area contributed by atoms with Gasteiger partial charge in [0.15, 0.2) is 0 Å². The predicted molar refractivity (Wildman–Crippen MR) is 79.4 cm³/mol. The molecular weight excluding hydrogens is 266 g/mol. The summed E-state index contributed by atoms with van der Waals surface area (Å²) in [6.45, 7) is 0.804. The summed E-state index contributed by atoms with van der Waals surface area (Å²) in [4.78, 5) is 12.1. The van der Waals surface area contributed by atoms with Gasteiger partial charge in [0.25, 0.3) is 5.91 Å². The number of hydrogen-bond acceptors (Lipinski definition) is 4. The van der Waals surface area contributed by atoms with Gasteiger partial charge < -0.3 is 15.6 Å². The van der Waals surface area contributed by atoms with Crippen molar-refractivity contribution in [1.29, 1.82) is 0 Å². The van der Waals surface area contributed by atoms with Crippen LogP contribution in [0.3, 0.4) is 0 Å². The van der Waals surface area contributed by atoms with E-state index >= 15 is 0 Å². The zero-order valence-electron chi connectivity index (χ0n) is 11.8. The van der Waals surface area contributed by atoms with Crippen molar-refractivity contribution in [3.05, 3.63) is 47.5 Å². The summed E-state index contributed by atoms with van der Waals surface area (Å²) in [6, 6.07) is 7.16. The Kier molecular flexibility index (Phi) is 5.07. The molecule has 0 saturated carbocycles. The van der Waals surface area contributed by atoms with Crippen LogP contribution in [0.5, 0.6) is 0 Å². The van der Waals surface area contributed by atoms with Crippen LogP contribution < -0.4 is 11.1 Å². The van der Waals surface area contributed by atoms with Gasteiger partial charge in [0.1, 0.15) is 12.2 Å². The fraction of sp³-hybridized carbons (Fsp3) is 0.267. The van der Waals surface area contributed by atoms with Crippen molar-refractivity contribution in [1.82, 2.24) is 20.1 Å². The van der Waals surface area contributed by atoms with E-state index in [4.69, 9.17) is 5.73 Å². The maximum absolute atomic E-state index is 12.1. The fourth-order valence-corrected chi connectivity index (χ4v) is 1.81. The highest BCUT2D eigenvalue weighted by atomic mass is 16.1. The van der Waals surface area contributed by atoms with Crippen molar-refractivity contribution < 1.29 is 4.79 Å². The number of aromatic nitrogens is 3. The third-order valence-electron chi connectivity index (χ3n) is 2.90. The van der Waals surface area contributed by atoms with Gasteiger partial charge in [-0.05, 0) is 18.2 Å². The Morgan fingerprint density at radius 2 is 2.33 bits per heavy atom. The number of hydrogen-bond donors (Lipinski definition) is 2. The van der Waals surface area contributed by atoms with E-state index in [1.54, 1.807) is 24.5 Å². The van der Waals surface area contributed by atoms with E-state index in [2.05, 4.69) is 27.4 Å². The molecule has 1 aromatic heterocycles. The van der Waals surface area contributed by atoms with Crippen molar-refractivity contribution in [2.45, 2.75) is 6.42 Å². The van der Waals surface area contributed by atoms with Gasteiger partial charge in [-0.15, -0.1) is 10.2 Å². The number of nitrogens with one attached hydrogen (secondary N) is 1. The maximum Gasteiger partial charge on any atom is 0.251 e. The van der Waals surface area contributed by atoms with Gasteiger partial charge in [-0.1, -0.05) is 17.9 Å². The van der Waals surface area contributed by atoms with Crippen LogP contribution in [0.4, 0.5) is 0 Å². The van der Waals surface area contributed by atoms with Gasteiger partial charge in [0.2, 0.25) is 0 Å². The minimum atomic E-state index is -0.131. The van der Waals surface area contributed by atoms with E-state index in [9.17, 15) is 4.79 Å². The van der Waals surface area contributed by atoms with Crippen molar-refractivity contribution in [3.8, 4) is 11.8 Å². The molecule has 0 atom stereocenters. The number of carbonyl (C=O) groups is 1. The molecule has 0 aliphatic heterocycles. The number of amides is 1. The highest BCUT2D eigenvalue weighted by Crippen LogP contribution is 2.04. The molecule has 0 spiro atoms. The Morgan fingerprint density at radius 1 is 1.48 bits per heavy atom. The van der Waals surface area contributed by atoms with E-state index in [0.717, 1.165) is 11.4 Å². The SMILES string of the molecule is Cn1cnnc1CCNC(=O)c1cccc(C#CCN)c1. The van der Waals surface area contributed by atoms with Crippen molar-refractivity contribution in [3.63, 3.8) is 0 Å². The average molecular weight is 283 g/mol. The molecule has 0 aliphatic carbocycles. The number of carbonyl (C=O) groups excluding carboxylic acids is 1. The molecule has 0 fully saturated rings. The zero-order chi connectivity index (χ0) is 15.1. The van der Waals surface area contributed by atoms with Crippen molar-refractivity contribution in [2.24, 2.45) is 12.8 Å². The third kappa shape index (κ3) is 4.16. The molecule has 21 heavy (non-hydrogen) atoms. The molecule has 2 aromatic rings. The zero-order valence-corrected chi connectivity index (χ0v) is 11.8. The Labute approximate surface area is 123 Å². The third-order valence-corrected chi connectivity index (χ3v) is 2.90. The van der Waals surface area contributed by atoms with Gasteiger partial charge >= 0.3 is 0 Å². The molecule has 0 unspecified atom stereocenters. The van der Waals surface area contributed by atoms with E-state index in [1.807, 2.05) is 17.7 Å². The number of nitrogens with zero attached hydrogens (tertiary/aromatic N) is 3. The summed E-state index contributed by atoms with van der Waals surface area (Å²) in [5.41, 5.74) is 6.69. The normalized spacial score (nSPS) is 9.81. The van der Waals surface area contributed by atoms with E-state index in [-0.39, 0.29) is 5.91 Å². The number of benzene rings is 1. The predicted octanol–water partition coefficient (Wildman–Crippen LogP) is 0.0978. The standard InChI is InChI=1S/C15H17N5O/c1-20-11-18-19-14(20)7-9-17-15(21)13-6-2-4-12(10-13)5-3-8-16/h2,4,6,10-11H,7-9,16H2,1H3,(H,17,21). The summed E-state index contributed by atoms with van der Waals surface area (Å²) < 4.78 is 1.83. The van der Waals surface area contributed by atoms with Crippen LogP contribution in [0.15, 0.2) is 30.6 Å². The fourth-order valence-electron chi connectivity index (χ4n) is 1.81. The lowest BCUT2D eigenvalue weighted by Crippen LogP contribution is -2.26. The minimum absolute atomic E-state index is 0.131.